The largest absolute Gasteiger partial charge is 0.444 e. The van der Waals surface area contributed by atoms with E-state index in [1.807, 2.05) is 26.8 Å². The minimum Gasteiger partial charge on any atom is -0.444 e. The van der Waals surface area contributed by atoms with E-state index in [0.717, 1.165) is 16.5 Å². The monoisotopic (exact) mass is 355 g/mol. The molecule has 1 aromatic carbocycles. The summed E-state index contributed by atoms with van der Waals surface area (Å²) < 4.78 is 12.2. The number of likely N-dealkylation sites (N-methyl/N-ethyl adjacent to an activating group) is 1. The maximum atomic E-state index is 12.1. The second kappa shape index (κ2) is 6.36. The Bertz CT molecular complexity index is 525. The number of hydrogen-bond acceptors (Lipinski definition) is 3. The third-order valence-corrected chi connectivity index (χ3v) is 3.78. The van der Waals surface area contributed by atoms with Crippen molar-refractivity contribution < 1.29 is 14.3 Å². The summed E-state index contributed by atoms with van der Waals surface area (Å²) in [5.74, 6) is 0. The normalized spacial score (nSPS) is 18.0. The molecule has 116 valence electrons. The van der Waals surface area contributed by atoms with Crippen molar-refractivity contribution in [3.05, 3.63) is 33.8 Å². The van der Waals surface area contributed by atoms with Gasteiger partial charge in [0.05, 0.1) is 13.2 Å². The van der Waals surface area contributed by atoms with Gasteiger partial charge in [-0.25, -0.2) is 4.79 Å². The first kappa shape index (κ1) is 16.3. The quantitative estimate of drug-likeness (QED) is 0.806. The Morgan fingerprint density at radius 2 is 2.19 bits per heavy atom. The zero-order chi connectivity index (χ0) is 15.6. The second-order valence-electron chi connectivity index (χ2n) is 6.31. The molecule has 0 N–H and O–H groups in total. The van der Waals surface area contributed by atoms with Crippen molar-refractivity contribution in [1.82, 2.24) is 4.90 Å². The van der Waals surface area contributed by atoms with Crippen LogP contribution in [0.4, 0.5) is 4.79 Å². The van der Waals surface area contributed by atoms with Crippen molar-refractivity contribution in [2.75, 3.05) is 20.2 Å². The number of ether oxygens (including phenoxy) is 2. The number of rotatable bonds is 2. The maximum absolute atomic E-state index is 12.1. The Balaban J connectivity index is 2.07. The molecule has 1 aliphatic rings. The predicted molar refractivity (Wildman–Crippen MR) is 85.4 cm³/mol. The molecule has 0 fully saturated rings. The van der Waals surface area contributed by atoms with Crippen molar-refractivity contribution >= 4 is 22.0 Å². The summed E-state index contributed by atoms with van der Waals surface area (Å²) >= 11 is 3.49. The fourth-order valence-corrected chi connectivity index (χ4v) is 2.69. The van der Waals surface area contributed by atoms with Crippen LogP contribution >= 0.6 is 15.9 Å². The molecule has 1 atom stereocenters. The lowest BCUT2D eigenvalue weighted by Gasteiger charge is -2.31. The Hall–Kier alpha value is -1.07. The highest BCUT2D eigenvalue weighted by Gasteiger charge is 2.26. The molecule has 1 heterocycles. The van der Waals surface area contributed by atoms with E-state index in [1.54, 1.807) is 11.9 Å². The van der Waals surface area contributed by atoms with E-state index in [4.69, 9.17) is 9.47 Å². The summed E-state index contributed by atoms with van der Waals surface area (Å²) in [7, 11) is 1.74. The van der Waals surface area contributed by atoms with Gasteiger partial charge in [-0.1, -0.05) is 22.0 Å². The number of benzene rings is 1. The van der Waals surface area contributed by atoms with Crippen molar-refractivity contribution in [1.29, 1.82) is 0 Å². The smallest absolute Gasteiger partial charge is 0.410 e. The summed E-state index contributed by atoms with van der Waals surface area (Å²) in [5, 5.41) is 0. The molecule has 5 heteroatoms. The highest BCUT2D eigenvalue weighted by Crippen LogP contribution is 2.30. The van der Waals surface area contributed by atoms with Gasteiger partial charge in [-0.2, -0.15) is 0 Å². The number of nitrogens with zero attached hydrogens (tertiary/aromatic N) is 1. The summed E-state index contributed by atoms with van der Waals surface area (Å²) in [4.78, 5) is 13.6. The first-order valence-corrected chi connectivity index (χ1v) is 7.89. The van der Waals surface area contributed by atoms with Crippen molar-refractivity contribution in [2.45, 2.75) is 38.9 Å². The SMILES string of the molecule is CN(CC1OCCc2ccc(Br)cc21)C(=O)OC(C)(C)C. The van der Waals surface area contributed by atoms with Crippen molar-refractivity contribution in [3.8, 4) is 0 Å². The number of hydrogen-bond donors (Lipinski definition) is 0. The van der Waals surface area contributed by atoms with Crippen LogP contribution in [0.15, 0.2) is 22.7 Å². The molecule has 1 aliphatic heterocycles. The average Bonchev–Trinajstić information content (AvgIpc) is 2.37. The molecule has 0 aromatic heterocycles. The zero-order valence-corrected chi connectivity index (χ0v) is 14.6. The van der Waals surface area contributed by atoms with Crippen molar-refractivity contribution in [3.63, 3.8) is 0 Å². The Labute approximate surface area is 134 Å². The van der Waals surface area contributed by atoms with Gasteiger partial charge in [0.25, 0.3) is 0 Å². The van der Waals surface area contributed by atoms with Gasteiger partial charge in [0, 0.05) is 11.5 Å². The molecule has 0 bridgehead atoms. The minimum absolute atomic E-state index is 0.108. The van der Waals surface area contributed by atoms with Gasteiger partial charge < -0.3 is 14.4 Å². The summed E-state index contributed by atoms with van der Waals surface area (Å²) in [6.45, 7) is 6.76. The Morgan fingerprint density at radius 1 is 1.48 bits per heavy atom. The lowest BCUT2D eigenvalue weighted by Crippen LogP contribution is -2.37. The van der Waals surface area contributed by atoms with Crippen molar-refractivity contribution in [2.24, 2.45) is 0 Å². The molecule has 2 rings (SSSR count). The maximum Gasteiger partial charge on any atom is 0.410 e. The molecule has 1 unspecified atom stereocenters. The van der Waals surface area contributed by atoms with E-state index in [-0.39, 0.29) is 12.2 Å². The van der Waals surface area contributed by atoms with Crippen LogP contribution in [0, 0.1) is 0 Å². The highest BCUT2D eigenvalue weighted by atomic mass is 79.9. The molecule has 1 aromatic rings. The first-order valence-electron chi connectivity index (χ1n) is 7.10. The summed E-state index contributed by atoms with van der Waals surface area (Å²) in [5.41, 5.74) is 1.94. The molecule has 0 radical (unpaired) electrons. The van der Waals surface area contributed by atoms with Crippen LogP contribution in [0.25, 0.3) is 0 Å². The second-order valence-corrected chi connectivity index (χ2v) is 7.23. The lowest BCUT2D eigenvalue weighted by molar-refractivity contribution is -0.00166. The zero-order valence-electron chi connectivity index (χ0n) is 13.0. The van der Waals surface area contributed by atoms with Crippen LogP contribution in [-0.2, 0) is 15.9 Å². The van der Waals surface area contributed by atoms with Gasteiger partial charge >= 0.3 is 6.09 Å². The summed E-state index contributed by atoms with van der Waals surface area (Å²) in [6.07, 6.45) is 0.479. The number of fused-ring (bicyclic) bond motifs is 1. The number of amides is 1. The van der Waals surface area contributed by atoms with Crippen LogP contribution in [0.5, 0.6) is 0 Å². The van der Waals surface area contributed by atoms with E-state index in [2.05, 4.69) is 28.1 Å². The highest BCUT2D eigenvalue weighted by molar-refractivity contribution is 9.10. The summed E-state index contributed by atoms with van der Waals surface area (Å²) in [6, 6.07) is 6.23. The van der Waals surface area contributed by atoms with Gasteiger partial charge in [-0.05, 0) is 50.5 Å². The molecular formula is C16H22BrNO3. The molecule has 1 amide bonds. The van der Waals surface area contributed by atoms with Crippen LogP contribution < -0.4 is 0 Å². The fourth-order valence-electron chi connectivity index (χ4n) is 2.31. The molecular weight excluding hydrogens is 334 g/mol. The molecule has 0 saturated carbocycles. The van der Waals surface area contributed by atoms with Gasteiger partial charge in [0.2, 0.25) is 0 Å². The van der Waals surface area contributed by atoms with Gasteiger partial charge in [0.1, 0.15) is 11.7 Å². The van der Waals surface area contributed by atoms with E-state index in [1.165, 1.54) is 5.56 Å². The number of carbonyl (C=O) groups excluding carboxylic acids is 1. The number of halogens is 1. The molecule has 0 spiro atoms. The standard InChI is InChI=1S/C16H22BrNO3/c1-16(2,3)21-15(19)18(4)10-14-13-9-12(17)6-5-11(13)7-8-20-14/h5-6,9,14H,7-8,10H2,1-4H3. The van der Waals surface area contributed by atoms with E-state index in [9.17, 15) is 4.79 Å². The number of carbonyl (C=O) groups is 1. The third-order valence-electron chi connectivity index (χ3n) is 3.29. The van der Waals surface area contributed by atoms with Crippen LogP contribution in [0.2, 0.25) is 0 Å². The van der Waals surface area contributed by atoms with Crippen LogP contribution in [0.1, 0.15) is 38.0 Å². The van der Waals surface area contributed by atoms with Crippen LogP contribution in [-0.4, -0.2) is 36.8 Å². The molecule has 21 heavy (non-hydrogen) atoms. The topological polar surface area (TPSA) is 38.8 Å². The molecule has 0 saturated heterocycles. The fraction of sp³-hybridized carbons (Fsp3) is 0.562. The van der Waals surface area contributed by atoms with Gasteiger partial charge in [-0.3, -0.25) is 0 Å². The molecule has 4 nitrogen and oxygen atoms in total. The van der Waals surface area contributed by atoms with E-state index in [0.29, 0.717) is 13.2 Å². The average molecular weight is 356 g/mol. The third kappa shape index (κ3) is 4.45. The van der Waals surface area contributed by atoms with E-state index < -0.39 is 5.60 Å². The Kier molecular flexibility index (Phi) is 4.94. The van der Waals surface area contributed by atoms with Gasteiger partial charge in [-0.15, -0.1) is 0 Å². The molecule has 0 aliphatic carbocycles. The van der Waals surface area contributed by atoms with E-state index >= 15 is 0 Å². The van der Waals surface area contributed by atoms with Gasteiger partial charge in [0.15, 0.2) is 0 Å². The Morgan fingerprint density at radius 3 is 2.86 bits per heavy atom. The first-order chi connectivity index (χ1) is 9.76. The lowest BCUT2D eigenvalue weighted by atomic mass is 9.97. The predicted octanol–water partition coefficient (Wildman–Crippen LogP) is 3.93. The minimum atomic E-state index is -0.486. The van der Waals surface area contributed by atoms with Crippen LogP contribution in [0.3, 0.4) is 0 Å².